The number of methoxy groups -OCH3 is 1. The molecule has 0 fully saturated rings. The van der Waals surface area contributed by atoms with Gasteiger partial charge in [0.05, 0.1) is 45.6 Å². The maximum absolute atomic E-state index is 13.3. The van der Waals surface area contributed by atoms with E-state index in [9.17, 15) is 9.32 Å². The summed E-state index contributed by atoms with van der Waals surface area (Å²) in [6.07, 6.45) is 0.923. The van der Waals surface area contributed by atoms with Gasteiger partial charge in [0, 0.05) is 31.9 Å². The van der Waals surface area contributed by atoms with E-state index in [0.717, 1.165) is 12.0 Å². The molecule has 0 bridgehead atoms. The number of nitrogens with zero attached hydrogens (tertiary/aromatic N) is 4. The third-order valence-electron chi connectivity index (χ3n) is 4.59. The van der Waals surface area contributed by atoms with Gasteiger partial charge in [-0.1, -0.05) is 17.3 Å². The summed E-state index contributed by atoms with van der Waals surface area (Å²) in [5.74, 6) is 0.792. The molecule has 0 aliphatic heterocycles. The third-order valence-corrected chi connectivity index (χ3v) is 5.83. The molecule has 2 unspecified atom stereocenters. The highest BCUT2D eigenvalue weighted by molar-refractivity contribution is 7.84. The molecular formula is C22H28N4O5S. The predicted molar refractivity (Wildman–Crippen MR) is 122 cm³/mol. The molecule has 0 aliphatic carbocycles. The largest absolute Gasteiger partial charge is 0.493 e. The van der Waals surface area contributed by atoms with Gasteiger partial charge in [-0.3, -0.25) is 13.8 Å². The highest BCUT2D eigenvalue weighted by Crippen LogP contribution is 2.26. The number of hydrogen-bond acceptors (Lipinski definition) is 8. The topological polar surface area (TPSA) is 108 Å². The molecule has 32 heavy (non-hydrogen) atoms. The number of ether oxygens (including phenoxy) is 2. The van der Waals surface area contributed by atoms with Crippen LogP contribution in [0, 0.1) is 6.92 Å². The molecule has 172 valence electrons. The third kappa shape index (κ3) is 5.70. The van der Waals surface area contributed by atoms with Crippen molar-refractivity contribution < 1.29 is 23.6 Å². The Kier molecular flexibility index (Phi) is 8.32. The number of aliphatic hydroxyl groups is 1. The van der Waals surface area contributed by atoms with Gasteiger partial charge in [0.15, 0.2) is 0 Å². The van der Waals surface area contributed by atoms with Gasteiger partial charge in [-0.2, -0.15) is 0 Å². The molecule has 0 saturated heterocycles. The second-order valence-electron chi connectivity index (χ2n) is 7.29. The molecule has 1 aromatic carbocycles. The van der Waals surface area contributed by atoms with Gasteiger partial charge in [-0.05, 0) is 39.0 Å². The van der Waals surface area contributed by atoms with Gasteiger partial charge in [0.1, 0.15) is 5.75 Å². The molecule has 0 saturated carbocycles. The van der Waals surface area contributed by atoms with E-state index >= 15 is 0 Å². The van der Waals surface area contributed by atoms with Crippen LogP contribution < -0.4 is 4.74 Å². The second-order valence-corrected chi connectivity index (χ2v) is 8.63. The Bertz CT molecular complexity index is 1110. The van der Waals surface area contributed by atoms with Crippen LogP contribution in [0.5, 0.6) is 5.75 Å². The fourth-order valence-electron chi connectivity index (χ4n) is 3.03. The quantitative estimate of drug-likeness (QED) is 0.202. The van der Waals surface area contributed by atoms with Crippen molar-refractivity contribution in [1.82, 2.24) is 14.5 Å². The first-order valence-electron chi connectivity index (χ1n) is 10.2. The van der Waals surface area contributed by atoms with Crippen LogP contribution in [0.1, 0.15) is 37.9 Å². The molecule has 1 N–H and O–H groups in total. The van der Waals surface area contributed by atoms with Crippen molar-refractivity contribution in [1.29, 1.82) is 0 Å². The van der Waals surface area contributed by atoms with Crippen molar-refractivity contribution in [3.63, 3.8) is 0 Å². The molecule has 2 atom stereocenters. The molecule has 10 heteroatoms. The van der Waals surface area contributed by atoms with Crippen molar-refractivity contribution >= 4 is 27.5 Å². The number of para-hydroxylation sites is 2. The Morgan fingerprint density at radius 3 is 2.78 bits per heavy atom. The lowest BCUT2D eigenvalue weighted by Crippen LogP contribution is -2.16. The lowest BCUT2D eigenvalue weighted by Gasteiger charge is -2.15. The number of pyridine rings is 1. The van der Waals surface area contributed by atoms with E-state index in [1.165, 1.54) is 4.57 Å². The summed E-state index contributed by atoms with van der Waals surface area (Å²) < 4.78 is 25.6. The Hall–Kier alpha value is -2.82. The monoisotopic (exact) mass is 460 g/mol. The van der Waals surface area contributed by atoms with E-state index in [0.29, 0.717) is 41.4 Å². The average molecular weight is 461 g/mol. The maximum Gasteiger partial charge on any atom is 0.311 e. The van der Waals surface area contributed by atoms with E-state index in [4.69, 9.17) is 14.3 Å². The maximum atomic E-state index is 13.3. The molecule has 3 rings (SSSR count). The van der Waals surface area contributed by atoms with Gasteiger partial charge >= 0.3 is 6.41 Å². The summed E-state index contributed by atoms with van der Waals surface area (Å²) in [6.45, 7) is 6.50. The molecule has 0 amide bonds. The first kappa shape index (κ1) is 23.8. The number of imidazole rings is 1. The molecule has 0 aliphatic rings. The van der Waals surface area contributed by atoms with Crippen LogP contribution in [-0.4, -0.2) is 49.9 Å². The minimum absolute atomic E-state index is 0.104. The fourth-order valence-corrected chi connectivity index (χ4v) is 4.31. The lowest BCUT2D eigenvalue weighted by atomic mass is 10.2. The molecule has 0 radical (unpaired) electrons. The van der Waals surface area contributed by atoms with Crippen molar-refractivity contribution in [2.75, 3.05) is 20.3 Å². The summed E-state index contributed by atoms with van der Waals surface area (Å²) >= 11 is 0. The number of rotatable bonds is 11. The number of oxime groups is 1. The van der Waals surface area contributed by atoms with Gasteiger partial charge < -0.3 is 19.4 Å². The van der Waals surface area contributed by atoms with Crippen molar-refractivity contribution in [2.45, 2.75) is 44.5 Å². The number of fused-ring (bicyclic) bond motifs is 1. The van der Waals surface area contributed by atoms with Crippen molar-refractivity contribution in [2.24, 2.45) is 5.16 Å². The normalized spacial score (nSPS) is 13.0. The SMILES string of the molecule is COCCCOc1ccnc(CS(=O)c2nc3ccccc3n2C(O)ON=C(C)C)c1C. The van der Waals surface area contributed by atoms with Crippen LogP contribution in [0.15, 0.2) is 46.8 Å². The summed E-state index contributed by atoms with van der Waals surface area (Å²) in [4.78, 5) is 14.1. The van der Waals surface area contributed by atoms with Crippen molar-refractivity contribution in [3.8, 4) is 5.75 Å². The molecule has 0 spiro atoms. The first-order valence-corrected chi connectivity index (χ1v) is 11.5. The summed E-state index contributed by atoms with van der Waals surface area (Å²) in [6, 6.07) is 8.97. The van der Waals surface area contributed by atoms with Crippen LogP contribution in [0.4, 0.5) is 0 Å². The Labute approximate surface area is 189 Å². The number of benzene rings is 1. The number of hydrogen-bond donors (Lipinski definition) is 1. The van der Waals surface area contributed by atoms with E-state index < -0.39 is 17.2 Å². The molecular weight excluding hydrogens is 432 g/mol. The predicted octanol–water partition coefficient (Wildman–Crippen LogP) is 3.32. The summed E-state index contributed by atoms with van der Waals surface area (Å²) in [5, 5.41) is 14.6. The van der Waals surface area contributed by atoms with Crippen LogP contribution >= 0.6 is 0 Å². The molecule has 3 aromatic rings. The minimum Gasteiger partial charge on any atom is -0.493 e. The van der Waals surface area contributed by atoms with Gasteiger partial charge in [-0.15, -0.1) is 0 Å². The van der Waals surface area contributed by atoms with Crippen LogP contribution in [-0.2, 0) is 26.1 Å². The van der Waals surface area contributed by atoms with E-state index in [1.54, 1.807) is 45.4 Å². The zero-order valence-electron chi connectivity index (χ0n) is 18.6. The lowest BCUT2D eigenvalue weighted by molar-refractivity contribution is -0.155. The summed E-state index contributed by atoms with van der Waals surface area (Å²) in [7, 11) is 0.0335. The van der Waals surface area contributed by atoms with E-state index in [2.05, 4.69) is 15.1 Å². The van der Waals surface area contributed by atoms with E-state index in [-0.39, 0.29) is 10.9 Å². The van der Waals surface area contributed by atoms with E-state index in [1.807, 2.05) is 19.1 Å². The summed E-state index contributed by atoms with van der Waals surface area (Å²) in [5.41, 5.74) is 3.26. The first-order chi connectivity index (χ1) is 15.4. The Morgan fingerprint density at radius 2 is 2.03 bits per heavy atom. The van der Waals surface area contributed by atoms with Gasteiger partial charge in [0.2, 0.25) is 5.16 Å². The number of aromatic nitrogens is 3. The van der Waals surface area contributed by atoms with Gasteiger partial charge in [0.25, 0.3) is 0 Å². The minimum atomic E-state index is -1.62. The van der Waals surface area contributed by atoms with Crippen molar-refractivity contribution in [3.05, 3.63) is 47.8 Å². The highest BCUT2D eigenvalue weighted by Gasteiger charge is 2.23. The standard InChI is InChI=1S/C22H28N4O5S/c1-15(2)25-31-22(27)26-19-9-6-5-8-17(19)24-21(26)32(28)14-18-16(3)20(10-11-23-18)30-13-7-12-29-4/h5-6,8-11,22,27H,7,12-14H2,1-4H3. The zero-order chi connectivity index (χ0) is 23.1. The molecule has 2 heterocycles. The van der Waals surface area contributed by atoms with Crippen LogP contribution in [0.25, 0.3) is 11.0 Å². The average Bonchev–Trinajstić information content (AvgIpc) is 3.17. The van der Waals surface area contributed by atoms with Gasteiger partial charge in [-0.25, -0.2) is 4.98 Å². The zero-order valence-corrected chi connectivity index (χ0v) is 19.5. The Morgan fingerprint density at radius 1 is 1.25 bits per heavy atom. The second kappa shape index (κ2) is 11.2. The van der Waals surface area contributed by atoms with Crippen LogP contribution in [0.3, 0.4) is 0 Å². The fraction of sp³-hybridized carbons (Fsp3) is 0.409. The highest BCUT2D eigenvalue weighted by atomic mass is 32.2. The van der Waals surface area contributed by atoms with Crippen LogP contribution in [0.2, 0.25) is 0 Å². The molecule has 9 nitrogen and oxygen atoms in total. The molecule has 2 aromatic heterocycles. The number of aliphatic hydroxyl groups excluding tert-OH is 1. The Balaban J connectivity index is 1.87. The smallest absolute Gasteiger partial charge is 0.311 e.